The second kappa shape index (κ2) is 16.6. The van der Waals surface area contributed by atoms with Gasteiger partial charge in [-0.05, 0) is 60.8 Å². The Morgan fingerprint density at radius 1 is 0.979 bits per heavy atom. The van der Waals surface area contributed by atoms with Crippen LogP contribution in [0.4, 0.5) is 10.5 Å². The average molecular weight is 640 g/mol. The lowest BCUT2D eigenvalue weighted by Crippen LogP contribution is -2.35. The van der Waals surface area contributed by atoms with Crippen LogP contribution < -0.4 is 15.0 Å². The molecule has 1 atom stereocenters. The second-order valence-corrected chi connectivity index (χ2v) is 12.3. The number of carbonyl (C=O) groups is 2. The number of anilines is 1. The second-order valence-electron chi connectivity index (χ2n) is 12.3. The van der Waals surface area contributed by atoms with Crippen molar-refractivity contribution >= 4 is 17.6 Å². The molecule has 3 aromatic carbocycles. The first kappa shape index (κ1) is 34.1. The summed E-state index contributed by atoms with van der Waals surface area (Å²) in [5, 5.41) is 13.9. The van der Waals surface area contributed by atoms with Gasteiger partial charge in [-0.15, -0.1) is 0 Å². The largest absolute Gasteiger partial charge is 0.463 e. The molecule has 0 radical (unpaired) electrons. The molecule has 0 aromatic heterocycles. The SMILES string of the molecule is CC1(C)OCc2cc([C@H](O)CNCCCCCCOCCC#Cc3cccc(N4CC(=O)N(Cc5ccccc5)C4=O)c3)ccc2O1. The third kappa shape index (κ3) is 9.90. The first-order valence-corrected chi connectivity index (χ1v) is 16.5. The normalized spacial score (nSPS) is 16.0. The number of hydrogen-bond donors (Lipinski definition) is 2. The standard InChI is InChI=1S/C38H45N3O6/c1-38(2)46-28-32-24-31(18-19-35(32)47-38)34(42)25-39-20-9-3-4-10-21-45-22-11-8-13-29-16-12-17-33(23-29)40-27-36(43)41(37(40)44)26-30-14-6-5-7-15-30/h5-7,12,14-19,23-24,34,39,42H,3-4,9-11,20-22,25-28H2,1-2H3/t34-/m1/s1. The summed E-state index contributed by atoms with van der Waals surface area (Å²) in [5.41, 5.74) is 4.20. The molecule has 1 fully saturated rings. The van der Waals surface area contributed by atoms with Crippen molar-refractivity contribution in [1.82, 2.24) is 10.2 Å². The number of nitrogens with zero attached hydrogens (tertiary/aromatic N) is 2. The van der Waals surface area contributed by atoms with Crippen molar-refractivity contribution in [1.29, 1.82) is 0 Å². The fourth-order valence-corrected chi connectivity index (χ4v) is 5.53. The molecule has 2 aliphatic heterocycles. The molecule has 0 saturated carbocycles. The summed E-state index contributed by atoms with van der Waals surface area (Å²) in [6, 6.07) is 22.4. The maximum atomic E-state index is 13.0. The molecule has 248 valence electrons. The van der Waals surface area contributed by atoms with Crippen LogP contribution in [0.25, 0.3) is 0 Å². The summed E-state index contributed by atoms with van der Waals surface area (Å²) in [7, 11) is 0. The zero-order valence-electron chi connectivity index (χ0n) is 27.4. The Morgan fingerprint density at radius 2 is 1.81 bits per heavy atom. The molecule has 0 unspecified atom stereocenters. The minimum atomic E-state index is -0.624. The van der Waals surface area contributed by atoms with Crippen LogP contribution in [0.1, 0.15) is 74.3 Å². The van der Waals surface area contributed by atoms with Crippen LogP contribution in [0.2, 0.25) is 0 Å². The minimum absolute atomic E-state index is 0.0253. The molecular formula is C38H45N3O6. The molecule has 0 spiro atoms. The number of benzene rings is 3. The highest BCUT2D eigenvalue weighted by atomic mass is 16.7. The predicted octanol–water partition coefficient (Wildman–Crippen LogP) is 5.94. The van der Waals surface area contributed by atoms with Crippen LogP contribution in [0.15, 0.2) is 72.8 Å². The molecule has 0 aliphatic carbocycles. The quantitative estimate of drug-likeness (QED) is 0.121. The van der Waals surface area contributed by atoms with E-state index in [4.69, 9.17) is 14.2 Å². The topological polar surface area (TPSA) is 101 Å². The maximum Gasteiger partial charge on any atom is 0.332 e. The number of nitrogens with one attached hydrogen (secondary N) is 1. The number of urea groups is 1. The van der Waals surface area contributed by atoms with Crippen molar-refractivity contribution in [2.24, 2.45) is 0 Å². The first-order chi connectivity index (χ1) is 22.8. The summed E-state index contributed by atoms with van der Waals surface area (Å²) in [6.07, 6.45) is 4.26. The van der Waals surface area contributed by atoms with E-state index in [-0.39, 0.29) is 25.0 Å². The van der Waals surface area contributed by atoms with Gasteiger partial charge in [0.25, 0.3) is 5.91 Å². The van der Waals surface area contributed by atoms with Crippen LogP contribution in [-0.4, -0.2) is 60.6 Å². The summed E-state index contributed by atoms with van der Waals surface area (Å²) in [4.78, 5) is 28.4. The van der Waals surface area contributed by atoms with Gasteiger partial charge in [-0.1, -0.05) is 67.1 Å². The van der Waals surface area contributed by atoms with Crippen LogP contribution in [0, 0.1) is 11.8 Å². The highest BCUT2D eigenvalue weighted by Gasteiger charge is 2.36. The third-order valence-corrected chi connectivity index (χ3v) is 8.13. The number of amides is 3. The summed E-state index contributed by atoms with van der Waals surface area (Å²) in [5.74, 6) is 6.27. The molecule has 2 aliphatic rings. The van der Waals surface area contributed by atoms with Crippen molar-refractivity contribution in [3.05, 3.63) is 95.1 Å². The van der Waals surface area contributed by atoms with Gasteiger partial charge in [-0.25, -0.2) is 4.79 Å². The van der Waals surface area contributed by atoms with Crippen molar-refractivity contribution in [3.63, 3.8) is 0 Å². The molecule has 9 heteroatoms. The van der Waals surface area contributed by atoms with Crippen molar-refractivity contribution in [2.75, 3.05) is 37.7 Å². The Bertz CT molecular complexity index is 1560. The number of fused-ring (bicyclic) bond motifs is 1. The summed E-state index contributed by atoms with van der Waals surface area (Å²) < 4.78 is 17.3. The molecule has 2 heterocycles. The number of aliphatic hydroxyl groups is 1. The summed E-state index contributed by atoms with van der Waals surface area (Å²) >= 11 is 0. The minimum Gasteiger partial charge on any atom is -0.463 e. The van der Waals surface area contributed by atoms with E-state index >= 15 is 0 Å². The lowest BCUT2D eigenvalue weighted by atomic mass is 10.0. The Balaban J connectivity index is 0.912. The van der Waals surface area contributed by atoms with Crippen LogP contribution in [0.5, 0.6) is 5.75 Å². The maximum absolute atomic E-state index is 13.0. The molecule has 3 aromatic rings. The van der Waals surface area contributed by atoms with Gasteiger partial charge in [0.2, 0.25) is 5.79 Å². The zero-order valence-corrected chi connectivity index (χ0v) is 27.4. The van der Waals surface area contributed by atoms with Gasteiger partial charge >= 0.3 is 6.03 Å². The van der Waals surface area contributed by atoms with E-state index in [1.165, 1.54) is 9.80 Å². The fourth-order valence-electron chi connectivity index (χ4n) is 5.53. The Kier molecular flexibility index (Phi) is 12.0. The molecule has 1 saturated heterocycles. The highest BCUT2D eigenvalue weighted by Crippen LogP contribution is 2.33. The third-order valence-electron chi connectivity index (χ3n) is 8.13. The van der Waals surface area contributed by atoms with Gasteiger partial charge in [0.15, 0.2) is 0 Å². The van der Waals surface area contributed by atoms with Crippen LogP contribution in [-0.2, 0) is 27.4 Å². The van der Waals surface area contributed by atoms with Crippen LogP contribution in [0.3, 0.4) is 0 Å². The van der Waals surface area contributed by atoms with Crippen LogP contribution >= 0.6 is 0 Å². The molecule has 2 N–H and O–H groups in total. The molecule has 0 bridgehead atoms. The molecule has 5 rings (SSSR count). The number of imide groups is 1. The Hall–Kier alpha value is -4.20. The van der Waals surface area contributed by atoms with Gasteiger partial charge in [-0.2, -0.15) is 0 Å². The lowest BCUT2D eigenvalue weighted by Gasteiger charge is -2.33. The molecular weight excluding hydrogens is 594 g/mol. The van der Waals surface area contributed by atoms with Gasteiger partial charge in [0.1, 0.15) is 12.3 Å². The first-order valence-electron chi connectivity index (χ1n) is 16.5. The predicted molar refractivity (Wildman–Crippen MR) is 181 cm³/mol. The van der Waals surface area contributed by atoms with E-state index in [1.54, 1.807) is 0 Å². The van der Waals surface area contributed by atoms with E-state index in [0.29, 0.717) is 38.5 Å². The van der Waals surface area contributed by atoms with E-state index in [2.05, 4.69) is 17.2 Å². The monoisotopic (exact) mass is 639 g/mol. The van der Waals surface area contributed by atoms with Crippen molar-refractivity contribution < 1.29 is 28.9 Å². The lowest BCUT2D eigenvalue weighted by molar-refractivity contribution is -0.180. The number of ether oxygens (including phenoxy) is 3. The van der Waals surface area contributed by atoms with Gasteiger partial charge < -0.3 is 24.6 Å². The molecule has 9 nitrogen and oxygen atoms in total. The molecule has 3 amide bonds. The van der Waals surface area contributed by atoms with Gasteiger partial charge in [-0.3, -0.25) is 14.6 Å². The van der Waals surface area contributed by atoms with Crippen molar-refractivity contribution in [3.8, 4) is 17.6 Å². The van der Waals surface area contributed by atoms with E-state index < -0.39 is 11.9 Å². The van der Waals surface area contributed by atoms with E-state index in [1.807, 2.05) is 86.6 Å². The number of hydrogen-bond acceptors (Lipinski definition) is 7. The molecule has 47 heavy (non-hydrogen) atoms. The Labute approximate surface area is 277 Å². The number of rotatable bonds is 15. The summed E-state index contributed by atoms with van der Waals surface area (Å²) in [6.45, 7) is 7.18. The smallest absolute Gasteiger partial charge is 0.332 e. The average Bonchev–Trinajstić information content (AvgIpc) is 3.35. The van der Waals surface area contributed by atoms with Gasteiger partial charge in [0.05, 0.1) is 25.9 Å². The zero-order chi connectivity index (χ0) is 33.1. The van der Waals surface area contributed by atoms with Gasteiger partial charge in [0, 0.05) is 50.2 Å². The Morgan fingerprint density at radius 3 is 2.66 bits per heavy atom. The number of aliphatic hydroxyl groups excluding tert-OH is 1. The number of unbranched alkanes of at least 4 members (excludes halogenated alkanes) is 3. The number of carbonyl (C=O) groups excluding carboxylic acids is 2. The van der Waals surface area contributed by atoms with E-state index in [9.17, 15) is 14.7 Å². The highest BCUT2D eigenvalue weighted by molar-refractivity contribution is 6.12. The van der Waals surface area contributed by atoms with Crippen molar-refractivity contribution in [2.45, 2.75) is 71.0 Å². The fraction of sp³-hybridized carbons (Fsp3) is 0.421. The van der Waals surface area contributed by atoms with E-state index in [0.717, 1.165) is 60.2 Å².